The zero-order valence-electron chi connectivity index (χ0n) is 14.2. The van der Waals surface area contributed by atoms with E-state index in [0.717, 1.165) is 6.42 Å². The van der Waals surface area contributed by atoms with E-state index in [1.165, 1.54) is 0 Å². The van der Waals surface area contributed by atoms with E-state index in [9.17, 15) is 9.90 Å². The molecule has 0 radical (unpaired) electrons. The van der Waals surface area contributed by atoms with Crippen molar-refractivity contribution in [2.45, 2.75) is 12.8 Å². The van der Waals surface area contributed by atoms with E-state index in [4.69, 9.17) is 25.5 Å². The summed E-state index contributed by atoms with van der Waals surface area (Å²) in [6.07, 6.45) is 2.06. The topological polar surface area (TPSA) is 84.6 Å². The third kappa shape index (κ3) is 3.75. The Bertz CT molecular complexity index is 1010. The summed E-state index contributed by atoms with van der Waals surface area (Å²) in [6, 6.07) is 10.7. The van der Waals surface area contributed by atoms with Crippen LogP contribution in [0.1, 0.15) is 24.3 Å². The fourth-order valence-corrected chi connectivity index (χ4v) is 3.16. The second-order valence-corrected chi connectivity index (χ2v) is 6.49. The van der Waals surface area contributed by atoms with Gasteiger partial charge in [-0.1, -0.05) is 23.7 Å². The Labute approximate surface area is 160 Å². The summed E-state index contributed by atoms with van der Waals surface area (Å²) in [4.78, 5) is 15.6. The monoisotopic (exact) mass is 384 g/mol. The highest BCUT2D eigenvalue weighted by Crippen LogP contribution is 2.39. The van der Waals surface area contributed by atoms with Crippen molar-refractivity contribution in [2.75, 3.05) is 13.2 Å². The van der Waals surface area contributed by atoms with Crippen LogP contribution in [0.4, 0.5) is 0 Å². The lowest BCUT2D eigenvalue weighted by molar-refractivity contribution is -0.304. The maximum atomic E-state index is 11.2. The highest BCUT2D eigenvalue weighted by atomic mass is 35.5. The molecule has 1 aliphatic heterocycles. The lowest BCUT2D eigenvalue weighted by atomic mass is 10.1. The van der Waals surface area contributed by atoms with Gasteiger partial charge in [0.2, 0.25) is 5.89 Å². The Morgan fingerprint density at radius 2 is 2.04 bits per heavy atom. The third-order valence-electron chi connectivity index (χ3n) is 4.07. The van der Waals surface area contributed by atoms with Gasteiger partial charge in [-0.2, -0.15) is 0 Å². The number of carboxylic acids is 1. The fraction of sp³-hybridized carbons (Fsp3) is 0.200. The molecule has 1 aliphatic rings. The Kier molecular flexibility index (Phi) is 4.73. The first-order valence-electron chi connectivity index (χ1n) is 8.45. The number of para-hydroxylation sites is 2. The van der Waals surface area contributed by atoms with Crippen LogP contribution in [0.25, 0.3) is 22.7 Å². The van der Waals surface area contributed by atoms with Crippen LogP contribution < -0.4 is 14.6 Å². The number of benzene rings is 2. The quantitative estimate of drug-likeness (QED) is 0.686. The summed E-state index contributed by atoms with van der Waals surface area (Å²) in [5.74, 6) is 0.0128. The number of aromatic nitrogens is 1. The molecule has 1 aromatic heterocycles. The number of hydrogen-bond acceptors (Lipinski definition) is 6. The minimum atomic E-state index is -1.23. The average molecular weight is 385 g/mol. The molecule has 138 valence electrons. The molecule has 0 saturated heterocycles. The number of rotatable bonds is 4. The largest absolute Gasteiger partial charge is 0.550 e. The Hall–Kier alpha value is -2.99. The van der Waals surface area contributed by atoms with Crippen LogP contribution in [-0.2, 0) is 4.79 Å². The van der Waals surface area contributed by atoms with E-state index in [1.54, 1.807) is 30.3 Å². The van der Waals surface area contributed by atoms with Crippen LogP contribution in [-0.4, -0.2) is 24.2 Å². The Balaban J connectivity index is 1.78. The molecule has 3 aromatic rings. The molecule has 0 saturated carbocycles. The minimum Gasteiger partial charge on any atom is -0.550 e. The lowest BCUT2D eigenvalue weighted by Gasteiger charge is -2.11. The smallest absolute Gasteiger partial charge is 0.223 e. The number of hydrogen-bond donors (Lipinski definition) is 0. The molecular weight excluding hydrogens is 370 g/mol. The first-order valence-corrected chi connectivity index (χ1v) is 8.83. The molecule has 6 nitrogen and oxygen atoms in total. The molecule has 0 atom stereocenters. The number of carbonyl (C=O) groups excluding carboxylic acids is 1. The highest BCUT2D eigenvalue weighted by Gasteiger charge is 2.17. The molecule has 0 bridgehead atoms. The summed E-state index contributed by atoms with van der Waals surface area (Å²) in [6.45, 7) is 1.05. The van der Waals surface area contributed by atoms with E-state index in [-0.39, 0.29) is 12.3 Å². The van der Waals surface area contributed by atoms with Crippen LogP contribution in [0.3, 0.4) is 0 Å². The molecule has 7 heteroatoms. The van der Waals surface area contributed by atoms with Gasteiger partial charge in [0.25, 0.3) is 0 Å². The zero-order valence-corrected chi connectivity index (χ0v) is 15.0. The van der Waals surface area contributed by atoms with E-state index in [0.29, 0.717) is 52.0 Å². The van der Waals surface area contributed by atoms with Crippen molar-refractivity contribution in [1.82, 2.24) is 4.98 Å². The molecule has 0 N–H and O–H groups in total. The summed E-state index contributed by atoms with van der Waals surface area (Å²) in [5, 5.41) is 11.6. The summed E-state index contributed by atoms with van der Waals surface area (Å²) >= 11 is 6.32. The van der Waals surface area contributed by atoms with Crippen LogP contribution in [0.5, 0.6) is 11.5 Å². The molecule has 2 aromatic carbocycles. The second-order valence-electron chi connectivity index (χ2n) is 6.09. The number of ether oxygens (including phenoxy) is 2. The van der Waals surface area contributed by atoms with Gasteiger partial charge in [0.1, 0.15) is 5.52 Å². The maximum Gasteiger partial charge on any atom is 0.223 e. The van der Waals surface area contributed by atoms with Gasteiger partial charge in [0, 0.05) is 24.4 Å². The van der Waals surface area contributed by atoms with Crippen molar-refractivity contribution in [2.24, 2.45) is 0 Å². The van der Waals surface area contributed by atoms with E-state index >= 15 is 0 Å². The average Bonchev–Trinajstić information content (AvgIpc) is 2.92. The van der Waals surface area contributed by atoms with Crippen LogP contribution >= 0.6 is 11.6 Å². The summed E-state index contributed by atoms with van der Waals surface area (Å²) in [5.41, 5.74) is 2.25. The normalized spacial score (nSPS) is 14.2. The maximum absolute atomic E-state index is 11.2. The predicted octanol–water partition coefficient (Wildman–Crippen LogP) is 3.32. The van der Waals surface area contributed by atoms with Gasteiger partial charge in [-0.05, 0) is 35.9 Å². The molecule has 0 spiro atoms. The molecule has 0 fully saturated rings. The van der Waals surface area contributed by atoms with E-state index in [1.807, 2.05) is 12.1 Å². The first kappa shape index (κ1) is 17.4. The molecular formula is C20H15ClNO5-. The minimum absolute atomic E-state index is 0.226. The number of oxazole rings is 1. The van der Waals surface area contributed by atoms with Crippen LogP contribution in [0.15, 0.2) is 40.8 Å². The van der Waals surface area contributed by atoms with Gasteiger partial charge in [-0.25, -0.2) is 4.98 Å². The van der Waals surface area contributed by atoms with Gasteiger partial charge < -0.3 is 23.8 Å². The van der Waals surface area contributed by atoms with E-state index < -0.39 is 5.97 Å². The number of aliphatic carboxylic acids is 1. The molecule has 0 amide bonds. The van der Waals surface area contributed by atoms with Crippen LogP contribution in [0, 0.1) is 0 Å². The number of halogens is 1. The number of fused-ring (bicyclic) bond motifs is 2. The lowest BCUT2D eigenvalue weighted by Crippen LogP contribution is -2.22. The van der Waals surface area contributed by atoms with Crippen molar-refractivity contribution in [1.29, 1.82) is 0 Å². The summed E-state index contributed by atoms with van der Waals surface area (Å²) < 4.78 is 17.0. The van der Waals surface area contributed by atoms with Gasteiger partial charge in [-0.3, -0.25) is 0 Å². The molecule has 27 heavy (non-hydrogen) atoms. The Morgan fingerprint density at radius 1 is 1.22 bits per heavy atom. The number of carboxylic acid groups (broad SMARTS) is 1. The van der Waals surface area contributed by atoms with Gasteiger partial charge in [-0.15, -0.1) is 0 Å². The molecule has 2 heterocycles. The fourth-order valence-electron chi connectivity index (χ4n) is 2.89. The predicted molar refractivity (Wildman–Crippen MR) is 98.6 cm³/mol. The van der Waals surface area contributed by atoms with Crippen molar-refractivity contribution in [3.8, 4) is 11.5 Å². The Morgan fingerprint density at radius 3 is 2.85 bits per heavy atom. The van der Waals surface area contributed by atoms with Gasteiger partial charge in [0.05, 0.1) is 18.2 Å². The first-order chi connectivity index (χ1) is 13.1. The van der Waals surface area contributed by atoms with Crippen LogP contribution in [0.2, 0.25) is 5.02 Å². The third-order valence-corrected chi connectivity index (χ3v) is 4.35. The number of carbonyl (C=O) groups is 1. The van der Waals surface area contributed by atoms with Crippen molar-refractivity contribution in [3.63, 3.8) is 0 Å². The van der Waals surface area contributed by atoms with E-state index in [2.05, 4.69) is 4.98 Å². The summed E-state index contributed by atoms with van der Waals surface area (Å²) in [7, 11) is 0. The standard InChI is InChI=1S/C20H16ClNO5/c21-14-9-12(10-17-19(14)26-7-3-6-25-17)8-13(11-18(23)24)20-22-15-4-1-2-5-16(15)27-20/h1-2,4-5,8-10H,3,6-7,11H2,(H,23,24)/p-1/b13-8+. The van der Waals surface area contributed by atoms with Gasteiger partial charge in [0.15, 0.2) is 17.1 Å². The highest BCUT2D eigenvalue weighted by molar-refractivity contribution is 6.32. The molecule has 4 rings (SSSR count). The second kappa shape index (κ2) is 7.32. The van der Waals surface area contributed by atoms with Crippen molar-refractivity contribution < 1.29 is 23.8 Å². The van der Waals surface area contributed by atoms with Gasteiger partial charge >= 0.3 is 0 Å². The zero-order chi connectivity index (χ0) is 18.8. The number of nitrogens with zero attached hydrogens (tertiary/aromatic N) is 1. The van der Waals surface area contributed by atoms with Crippen molar-refractivity contribution in [3.05, 3.63) is 52.9 Å². The molecule has 0 unspecified atom stereocenters. The SMILES string of the molecule is O=C([O-])C/C(=C\c1cc(Cl)c2c(c1)OCCCO2)c1nc2ccccc2o1. The van der Waals surface area contributed by atoms with Crippen molar-refractivity contribution >= 4 is 40.3 Å². The molecule has 0 aliphatic carbocycles.